The fraction of sp³-hybridized carbons (Fsp3) is 0.0909. The van der Waals surface area contributed by atoms with E-state index in [4.69, 9.17) is 15.3 Å². The molecule has 0 aliphatic heterocycles. The van der Waals surface area contributed by atoms with Crippen molar-refractivity contribution in [3.63, 3.8) is 0 Å². The molecule has 2 rings (SSSR count). The average molecular weight is 390 g/mol. The van der Waals surface area contributed by atoms with Crippen molar-refractivity contribution < 1.29 is 9.47 Å². The second-order valence-corrected chi connectivity index (χ2v) is 5.11. The van der Waals surface area contributed by atoms with Crippen molar-refractivity contribution in [2.45, 2.75) is 0 Å². The molecule has 0 saturated heterocycles. The highest BCUT2D eigenvalue weighted by molar-refractivity contribution is 9.11. The second kappa shape index (κ2) is 6.18. The number of ether oxygens (including phenoxy) is 2. The number of hydrogen-bond donors (Lipinski definition) is 2. The third-order valence-electron chi connectivity index (χ3n) is 2.21. The van der Waals surface area contributed by atoms with E-state index in [0.29, 0.717) is 23.2 Å². The number of rotatable bonds is 4. The third-order valence-corrected chi connectivity index (χ3v) is 3.45. The van der Waals surface area contributed by atoms with Crippen molar-refractivity contribution in [3.8, 4) is 17.4 Å². The van der Waals surface area contributed by atoms with Gasteiger partial charge in [-0.2, -0.15) is 0 Å². The number of methoxy groups -OCH3 is 1. The van der Waals surface area contributed by atoms with Gasteiger partial charge in [0.15, 0.2) is 0 Å². The summed E-state index contributed by atoms with van der Waals surface area (Å²) in [5.74, 6) is 7.41. The fourth-order valence-electron chi connectivity index (χ4n) is 1.33. The molecule has 0 aliphatic rings. The van der Waals surface area contributed by atoms with Gasteiger partial charge in [-0.05, 0) is 44.0 Å². The van der Waals surface area contributed by atoms with E-state index >= 15 is 0 Å². The molecule has 8 heteroatoms. The average Bonchev–Trinajstić information content (AvgIpc) is 2.42. The summed E-state index contributed by atoms with van der Waals surface area (Å²) in [5, 5.41) is 0. The summed E-state index contributed by atoms with van der Waals surface area (Å²) in [5.41, 5.74) is 2.43. The molecule has 2 aromatic rings. The Morgan fingerprint density at radius 3 is 2.47 bits per heavy atom. The molecule has 0 unspecified atom stereocenters. The van der Waals surface area contributed by atoms with Gasteiger partial charge < -0.3 is 14.9 Å². The van der Waals surface area contributed by atoms with Crippen LogP contribution in [0.25, 0.3) is 0 Å². The monoisotopic (exact) mass is 388 g/mol. The zero-order valence-corrected chi connectivity index (χ0v) is 13.0. The molecule has 0 radical (unpaired) electrons. The Morgan fingerprint density at radius 2 is 1.79 bits per heavy atom. The van der Waals surface area contributed by atoms with Crippen molar-refractivity contribution in [1.82, 2.24) is 9.97 Å². The van der Waals surface area contributed by atoms with Crippen LogP contribution in [-0.4, -0.2) is 17.1 Å². The molecule has 19 heavy (non-hydrogen) atoms. The van der Waals surface area contributed by atoms with Gasteiger partial charge in [0.1, 0.15) is 23.6 Å². The van der Waals surface area contributed by atoms with Crippen LogP contribution in [0.4, 0.5) is 5.82 Å². The van der Waals surface area contributed by atoms with Gasteiger partial charge in [-0.15, -0.1) is 0 Å². The number of anilines is 1. The molecule has 3 N–H and O–H groups in total. The molecule has 0 bridgehead atoms. The molecule has 0 saturated carbocycles. The van der Waals surface area contributed by atoms with E-state index in [-0.39, 0.29) is 0 Å². The quantitative estimate of drug-likeness (QED) is 0.617. The van der Waals surface area contributed by atoms with Gasteiger partial charge in [0, 0.05) is 6.07 Å². The Hall–Kier alpha value is -1.38. The highest BCUT2D eigenvalue weighted by Gasteiger charge is 2.10. The maximum absolute atomic E-state index is 5.65. The van der Waals surface area contributed by atoms with Crippen LogP contribution in [0, 0.1) is 0 Å². The van der Waals surface area contributed by atoms with Crippen molar-refractivity contribution in [3.05, 3.63) is 33.5 Å². The summed E-state index contributed by atoms with van der Waals surface area (Å²) >= 11 is 6.80. The Morgan fingerprint density at radius 1 is 1.11 bits per heavy atom. The first-order chi connectivity index (χ1) is 9.13. The molecule has 1 heterocycles. The summed E-state index contributed by atoms with van der Waals surface area (Å²) in [6, 6.07) is 5.16. The van der Waals surface area contributed by atoms with E-state index < -0.39 is 0 Å². The summed E-state index contributed by atoms with van der Waals surface area (Å²) in [6.07, 6.45) is 1.36. The first-order valence-corrected chi connectivity index (χ1v) is 6.72. The largest absolute Gasteiger partial charge is 0.496 e. The van der Waals surface area contributed by atoms with Crippen molar-refractivity contribution in [2.24, 2.45) is 5.84 Å². The molecule has 6 nitrogen and oxygen atoms in total. The van der Waals surface area contributed by atoms with Crippen LogP contribution >= 0.6 is 31.9 Å². The summed E-state index contributed by atoms with van der Waals surface area (Å²) in [6.45, 7) is 0. The Labute approximate surface area is 126 Å². The Bertz CT molecular complexity index is 595. The lowest BCUT2D eigenvalue weighted by Gasteiger charge is -2.10. The van der Waals surface area contributed by atoms with Crippen LogP contribution in [0.15, 0.2) is 33.5 Å². The Kier molecular flexibility index (Phi) is 4.56. The third kappa shape index (κ3) is 3.34. The normalized spacial score (nSPS) is 10.1. The maximum Gasteiger partial charge on any atom is 0.224 e. The van der Waals surface area contributed by atoms with Crippen LogP contribution in [0.3, 0.4) is 0 Å². The molecule has 0 spiro atoms. The fourth-order valence-corrected chi connectivity index (χ4v) is 2.22. The van der Waals surface area contributed by atoms with Crippen LogP contribution < -0.4 is 20.7 Å². The van der Waals surface area contributed by atoms with E-state index in [9.17, 15) is 0 Å². The van der Waals surface area contributed by atoms with Crippen LogP contribution in [0.5, 0.6) is 17.4 Å². The van der Waals surface area contributed by atoms with Crippen molar-refractivity contribution in [1.29, 1.82) is 0 Å². The molecule has 1 aromatic carbocycles. The van der Waals surface area contributed by atoms with Crippen molar-refractivity contribution >= 4 is 37.7 Å². The minimum atomic E-state index is 0.376. The lowest BCUT2D eigenvalue weighted by atomic mass is 10.3. The molecular formula is C11H10Br2N4O2. The van der Waals surface area contributed by atoms with Gasteiger partial charge in [-0.3, -0.25) is 0 Å². The smallest absolute Gasteiger partial charge is 0.224 e. The highest BCUT2D eigenvalue weighted by atomic mass is 79.9. The topological polar surface area (TPSA) is 82.3 Å². The molecular weight excluding hydrogens is 380 g/mol. The van der Waals surface area contributed by atoms with Gasteiger partial charge in [0.2, 0.25) is 5.88 Å². The van der Waals surface area contributed by atoms with E-state index in [0.717, 1.165) is 8.95 Å². The highest BCUT2D eigenvalue weighted by Crippen LogP contribution is 2.37. The predicted molar refractivity (Wildman–Crippen MR) is 78.3 cm³/mol. The zero-order valence-electron chi connectivity index (χ0n) is 9.85. The van der Waals surface area contributed by atoms with Gasteiger partial charge in [-0.1, -0.05) is 0 Å². The van der Waals surface area contributed by atoms with E-state index in [1.54, 1.807) is 25.3 Å². The number of nitrogens with one attached hydrogen (secondary N) is 1. The molecule has 1 aromatic heterocycles. The number of nitrogen functional groups attached to an aromatic ring is 1. The zero-order chi connectivity index (χ0) is 13.8. The number of aromatic nitrogens is 2. The first kappa shape index (κ1) is 14.0. The number of nitrogens with zero attached hydrogens (tertiary/aromatic N) is 2. The minimum absolute atomic E-state index is 0.376. The standard InChI is InChI=1S/C11H10Br2N4O2/c1-18-8-2-7(13)9(3-6(8)12)19-11-4-10(17-14)15-5-16-11/h2-5H,14H2,1H3,(H,15,16,17). The number of hydrazine groups is 1. The van der Waals surface area contributed by atoms with Gasteiger partial charge >= 0.3 is 0 Å². The molecule has 0 atom stereocenters. The molecule has 100 valence electrons. The van der Waals surface area contributed by atoms with Crippen LogP contribution in [-0.2, 0) is 0 Å². The van der Waals surface area contributed by atoms with E-state index in [2.05, 4.69) is 47.3 Å². The van der Waals surface area contributed by atoms with Gasteiger partial charge in [0.25, 0.3) is 0 Å². The predicted octanol–water partition coefficient (Wildman–Crippen LogP) is 3.09. The summed E-state index contributed by atoms with van der Waals surface area (Å²) < 4.78 is 12.4. The van der Waals surface area contributed by atoms with Crippen LogP contribution in [0.2, 0.25) is 0 Å². The van der Waals surface area contributed by atoms with E-state index in [1.165, 1.54) is 6.33 Å². The van der Waals surface area contributed by atoms with Crippen LogP contribution in [0.1, 0.15) is 0 Å². The molecule has 0 fully saturated rings. The number of halogens is 2. The summed E-state index contributed by atoms with van der Waals surface area (Å²) in [7, 11) is 1.59. The first-order valence-electron chi connectivity index (χ1n) is 5.13. The SMILES string of the molecule is COc1cc(Br)c(Oc2cc(NN)ncn2)cc1Br. The maximum atomic E-state index is 5.65. The molecule has 0 amide bonds. The van der Waals surface area contributed by atoms with Crippen molar-refractivity contribution in [2.75, 3.05) is 12.5 Å². The summed E-state index contributed by atoms with van der Waals surface area (Å²) in [4.78, 5) is 7.90. The number of hydrogen-bond acceptors (Lipinski definition) is 6. The van der Waals surface area contributed by atoms with Gasteiger partial charge in [-0.25, -0.2) is 15.8 Å². The number of benzene rings is 1. The lowest BCUT2D eigenvalue weighted by Crippen LogP contribution is -2.08. The van der Waals surface area contributed by atoms with Gasteiger partial charge in [0.05, 0.1) is 16.1 Å². The molecule has 0 aliphatic carbocycles. The lowest BCUT2D eigenvalue weighted by molar-refractivity contribution is 0.408. The number of nitrogens with two attached hydrogens (primary N) is 1. The second-order valence-electron chi connectivity index (χ2n) is 3.41. The minimum Gasteiger partial charge on any atom is -0.496 e. The van der Waals surface area contributed by atoms with E-state index in [1.807, 2.05) is 0 Å². The Balaban J connectivity index is 2.30.